The minimum atomic E-state index is 1.14. The number of aromatic nitrogens is 2. The molecular formula is C34H28N2. The van der Waals surface area contributed by atoms with Gasteiger partial charge in [-0.1, -0.05) is 80.1 Å². The van der Waals surface area contributed by atoms with Crippen molar-refractivity contribution in [1.82, 2.24) is 9.13 Å². The average molecular weight is 465 g/mol. The lowest BCUT2D eigenvalue weighted by Gasteiger charge is -2.10. The van der Waals surface area contributed by atoms with Crippen LogP contribution < -0.4 is 0 Å². The summed E-state index contributed by atoms with van der Waals surface area (Å²) in [6.07, 6.45) is 3.60. The summed E-state index contributed by atoms with van der Waals surface area (Å²) in [6, 6.07) is 42.1. The molecule has 0 aliphatic rings. The van der Waals surface area contributed by atoms with Crippen LogP contribution in [0.25, 0.3) is 55.0 Å². The highest BCUT2D eigenvalue weighted by molar-refractivity contribution is 6.28. The van der Waals surface area contributed by atoms with E-state index < -0.39 is 0 Å². The van der Waals surface area contributed by atoms with Crippen LogP contribution in [0.15, 0.2) is 115 Å². The molecule has 5 aromatic carbocycles. The predicted octanol–water partition coefficient (Wildman–Crippen LogP) is 9.22. The van der Waals surface area contributed by atoms with Crippen LogP contribution in [0, 0.1) is 0 Å². The van der Waals surface area contributed by atoms with E-state index >= 15 is 0 Å². The zero-order chi connectivity index (χ0) is 24.1. The van der Waals surface area contributed by atoms with Gasteiger partial charge in [-0.15, -0.1) is 0 Å². The van der Waals surface area contributed by atoms with Gasteiger partial charge in [-0.3, -0.25) is 0 Å². The zero-order valence-electron chi connectivity index (χ0n) is 20.5. The third-order valence-electron chi connectivity index (χ3n) is 7.50. The fourth-order valence-corrected chi connectivity index (χ4v) is 5.84. The van der Waals surface area contributed by atoms with Gasteiger partial charge in [0.2, 0.25) is 0 Å². The number of hydrogen-bond donors (Lipinski definition) is 0. The number of rotatable bonds is 5. The molecular weight excluding hydrogens is 436 g/mol. The normalized spacial score (nSPS) is 11.8. The third kappa shape index (κ3) is 3.11. The van der Waals surface area contributed by atoms with E-state index in [0.29, 0.717) is 0 Å². The summed E-state index contributed by atoms with van der Waals surface area (Å²) in [5.74, 6) is 0. The van der Waals surface area contributed by atoms with Gasteiger partial charge in [0.25, 0.3) is 0 Å². The molecule has 0 bridgehead atoms. The van der Waals surface area contributed by atoms with Gasteiger partial charge < -0.3 is 9.13 Å². The molecule has 7 rings (SSSR count). The van der Waals surface area contributed by atoms with Crippen molar-refractivity contribution >= 4 is 43.6 Å². The van der Waals surface area contributed by atoms with Crippen LogP contribution in [0.4, 0.5) is 0 Å². The van der Waals surface area contributed by atoms with Crippen LogP contribution in [0.1, 0.15) is 25.3 Å². The van der Waals surface area contributed by atoms with Gasteiger partial charge in [0.1, 0.15) is 0 Å². The van der Waals surface area contributed by atoms with Crippen molar-refractivity contribution in [2.45, 2.75) is 26.2 Å². The van der Waals surface area contributed by atoms with Gasteiger partial charge >= 0.3 is 0 Å². The molecule has 2 aromatic heterocycles. The molecule has 2 heteroatoms. The van der Waals surface area contributed by atoms with Gasteiger partial charge in [0, 0.05) is 32.9 Å². The topological polar surface area (TPSA) is 9.86 Å². The largest absolute Gasteiger partial charge is 0.309 e. The van der Waals surface area contributed by atoms with Crippen molar-refractivity contribution < 1.29 is 0 Å². The Bertz CT molecular complexity index is 1850. The van der Waals surface area contributed by atoms with E-state index in [-0.39, 0.29) is 0 Å². The van der Waals surface area contributed by atoms with Crippen LogP contribution in [0.2, 0.25) is 0 Å². The Hall–Kier alpha value is -4.30. The summed E-state index contributed by atoms with van der Waals surface area (Å²) >= 11 is 0. The first-order valence-electron chi connectivity index (χ1n) is 12.9. The van der Waals surface area contributed by atoms with Crippen molar-refractivity contribution in [2.24, 2.45) is 0 Å². The van der Waals surface area contributed by atoms with Crippen LogP contribution in [0.3, 0.4) is 0 Å². The van der Waals surface area contributed by atoms with Crippen molar-refractivity contribution in [3.63, 3.8) is 0 Å². The summed E-state index contributed by atoms with van der Waals surface area (Å²) in [7, 11) is 0. The Morgan fingerprint density at radius 1 is 0.472 bits per heavy atom. The molecule has 0 radical (unpaired) electrons. The summed E-state index contributed by atoms with van der Waals surface area (Å²) in [6.45, 7) is 2.25. The van der Waals surface area contributed by atoms with E-state index in [2.05, 4.69) is 131 Å². The molecule has 0 saturated carbocycles. The minimum absolute atomic E-state index is 1.14. The van der Waals surface area contributed by atoms with E-state index in [9.17, 15) is 0 Å². The SMILES string of the molecule is CCCCc1ccc(-n2c3ccccc3c3c4c5ccccc5n(-c5ccccc5)c4ccc32)cc1. The zero-order valence-corrected chi connectivity index (χ0v) is 20.5. The second-order valence-electron chi connectivity index (χ2n) is 9.66. The van der Waals surface area contributed by atoms with Crippen LogP contribution >= 0.6 is 0 Å². The Balaban J connectivity index is 1.58. The van der Waals surface area contributed by atoms with E-state index in [1.54, 1.807) is 0 Å². The van der Waals surface area contributed by atoms with Crippen molar-refractivity contribution in [2.75, 3.05) is 0 Å². The van der Waals surface area contributed by atoms with Gasteiger partial charge in [-0.05, 0) is 66.9 Å². The van der Waals surface area contributed by atoms with Crippen LogP contribution in [-0.4, -0.2) is 9.13 Å². The minimum Gasteiger partial charge on any atom is -0.309 e. The molecule has 2 nitrogen and oxygen atoms in total. The Kier molecular flexibility index (Phi) is 4.92. The van der Waals surface area contributed by atoms with Crippen molar-refractivity contribution in [1.29, 1.82) is 0 Å². The van der Waals surface area contributed by atoms with E-state index in [4.69, 9.17) is 0 Å². The Labute approximate surface area is 211 Å². The highest BCUT2D eigenvalue weighted by atomic mass is 15.0. The monoisotopic (exact) mass is 464 g/mol. The second kappa shape index (κ2) is 8.42. The standard InChI is InChI=1S/C34H28N2/c1-2-3-11-24-18-20-26(21-19-24)36-30-17-10-8-15-28(30)34-32(36)23-22-31-33(34)27-14-7-9-16-29(27)35(31)25-12-5-4-6-13-25/h4-10,12-23H,2-3,11H2,1H3. The van der Waals surface area contributed by atoms with Gasteiger partial charge in [-0.2, -0.15) is 0 Å². The van der Waals surface area contributed by atoms with E-state index in [1.165, 1.54) is 73.4 Å². The maximum absolute atomic E-state index is 2.43. The lowest BCUT2D eigenvalue weighted by molar-refractivity contribution is 0.795. The summed E-state index contributed by atoms with van der Waals surface area (Å²) in [5.41, 5.74) is 8.80. The fourth-order valence-electron chi connectivity index (χ4n) is 5.84. The molecule has 7 aromatic rings. The molecule has 0 unspecified atom stereocenters. The Morgan fingerprint density at radius 2 is 0.972 bits per heavy atom. The molecule has 2 heterocycles. The maximum atomic E-state index is 2.43. The first kappa shape index (κ1) is 21.0. The molecule has 0 amide bonds. The molecule has 36 heavy (non-hydrogen) atoms. The predicted molar refractivity (Wildman–Crippen MR) is 154 cm³/mol. The smallest absolute Gasteiger partial charge is 0.0548 e. The maximum Gasteiger partial charge on any atom is 0.0548 e. The molecule has 0 spiro atoms. The number of aryl methyl sites for hydroxylation is 1. The number of unbranched alkanes of at least 4 members (excludes halogenated alkanes) is 1. The molecule has 0 saturated heterocycles. The molecule has 0 N–H and O–H groups in total. The molecule has 0 aliphatic heterocycles. The van der Waals surface area contributed by atoms with E-state index in [0.717, 1.165) is 6.42 Å². The Morgan fingerprint density at radius 3 is 1.53 bits per heavy atom. The average Bonchev–Trinajstić information content (AvgIpc) is 3.45. The van der Waals surface area contributed by atoms with Crippen LogP contribution in [-0.2, 0) is 6.42 Å². The lowest BCUT2D eigenvalue weighted by Crippen LogP contribution is -1.95. The second-order valence-corrected chi connectivity index (χ2v) is 9.66. The summed E-state index contributed by atoms with van der Waals surface area (Å²) in [5, 5.41) is 5.23. The first-order valence-corrected chi connectivity index (χ1v) is 12.9. The summed E-state index contributed by atoms with van der Waals surface area (Å²) < 4.78 is 4.83. The van der Waals surface area contributed by atoms with Crippen LogP contribution in [0.5, 0.6) is 0 Å². The van der Waals surface area contributed by atoms with Crippen molar-refractivity contribution in [3.05, 3.63) is 121 Å². The fraction of sp³-hybridized carbons (Fsp3) is 0.118. The van der Waals surface area contributed by atoms with Gasteiger partial charge in [0.05, 0.1) is 22.1 Å². The number of nitrogens with zero attached hydrogens (tertiary/aromatic N) is 2. The highest BCUT2D eigenvalue weighted by Gasteiger charge is 2.20. The number of benzene rings is 5. The molecule has 0 aliphatic carbocycles. The third-order valence-corrected chi connectivity index (χ3v) is 7.50. The first-order chi connectivity index (χ1) is 17.8. The molecule has 0 atom stereocenters. The quantitative estimate of drug-likeness (QED) is 0.240. The lowest BCUT2D eigenvalue weighted by atomic mass is 10.1. The summed E-state index contributed by atoms with van der Waals surface area (Å²) in [4.78, 5) is 0. The van der Waals surface area contributed by atoms with Crippen molar-refractivity contribution in [3.8, 4) is 11.4 Å². The number of para-hydroxylation sites is 3. The highest BCUT2D eigenvalue weighted by Crippen LogP contribution is 2.42. The van der Waals surface area contributed by atoms with Gasteiger partial charge in [-0.25, -0.2) is 0 Å². The number of hydrogen-bond acceptors (Lipinski definition) is 0. The molecule has 0 fully saturated rings. The van der Waals surface area contributed by atoms with E-state index in [1.807, 2.05) is 0 Å². The van der Waals surface area contributed by atoms with Gasteiger partial charge in [0.15, 0.2) is 0 Å². The molecule has 174 valence electrons. The number of fused-ring (bicyclic) bond motifs is 7.